The lowest BCUT2D eigenvalue weighted by molar-refractivity contribution is -0.384. The van der Waals surface area contributed by atoms with Gasteiger partial charge in [0.25, 0.3) is 5.69 Å². The SMILES string of the molecule is O=C(c1cccc([N+](=O)[O-])c1)[C@@H]1[C@@H]2C(=O)N(c3ccc4ccccc4c3)C(=O)[C@@H]2[C@@H]2c3ccccc3C=CN12. The number of amides is 2. The van der Waals surface area contributed by atoms with Crippen LogP contribution < -0.4 is 4.90 Å². The molecule has 0 radical (unpaired) electrons. The van der Waals surface area contributed by atoms with Crippen LogP contribution in [0.5, 0.6) is 0 Å². The average molecular weight is 516 g/mol. The van der Waals surface area contributed by atoms with Crippen LogP contribution in [0.15, 0.2) is 97.2 Å². The van der Waals surface area contributed by atoms with Crippen molar-refractivity contribution in [2.24, 2.45) is 11.8 Å². The van der Waals surface area contributed by atoms with Crippen LogP contribution in [0.4, 0.5) is 11.4 Å². The van der Waals surface area contributed by atoms with E-state index in [4.69, 9.17) is 0 Å². The first-order valence-corrected chi connectivity index (χ1v) is 12.6. The van der Waals surface area contributed by atoms with Crippen LogP contribution in [0.25, 0.3) is 16.8 Å². The molecule has 0 unspecified atom stereocenters. The topological polar surface area (TPSA) is 101 Å². The first-order chi connectivity index (χ1) is 18.9. The number of anilines is 1. The van der Waals surface area contributed by atoms with E-state index in [1.54, 1.807) is 17.2 Å². The molecule has 3 aliphatic rings. The molecule has 3 aliphatic heterocycles. The fraction of sp³-hybridized carbons (Fsp3) is 0.129. The Balaban J connectivity index is 1.37. The molecular formula is C31H21N3O5. The van der Waals surface area contributed by atoms with Crippen molar-refractivity contribution in [3.8, 4) is 0 Å². The van der Waals surface area contributed by atoms with Gasteiger partial charge in [-0.1, -0.05) is 66.7 Å². The Morgan fingerprint density at radius 2 is 1.54 bits per heavy atom. The van der Waals surface area contributed by atoms with E-state index in [0.29, 0.717) is 5.69 Å². The largest absolute Gasteiger partial charge is 0.358 e. The van der Waals surface area contributed by atoms with Crippen LogP contribution in [0.2, 0.25) is 0 Å². The van der Waals surface area contributed by atoms with E-state index < -0.39 is 40.5 Å². The second kappa shape index (κ2) is 8.46. The van der Waals surface area contributed by atoms with Gasteiger partial charge in [0, 0.05) is 23.9 Å². The van der Waals surface area contributed by atoms with Gasteiger partial charge in [-0.25, -0.2) is 4.90 Å². The Morgan fingerprint density at radius 3 is 2.36 bits per heavy atom. The zero-order chi connectivity index (χ0) is 26.8. The van der Waals surface area contributed by atoms with Gasteiger partial charge < -0.3 is 4.90 Å². The van der Waals surface area contributed by atoms with Gasteiger partial charge in [0.05, 0.1) is 28.5 Å². The minimum atomic E-state index is -0.992. The van der Waals surface area contributed by atoms with Gasteiger partial charge in [-0.2, -0.15) is 0 Å². The molecule has 3 heterocycles. The number of ketones is 1. The third kappa shape index (κ3) is 3.34. The predicted octanol–water partition coefficient (Wildman–Crippen LogP) is 5.15. The van der Waals surface area contributed by atoms with Crippen LogP contribution in [-0.2, 0) is 9.59 Å². The number of carbonyl (C=O) groups is 3. The molecule has 39 heavy (non-hydrogen) atoms. The fourth-order valence-corrected chi connectivity index (χ4v) is 6.37. The van der Waals surface area contributed by atoms with Crippen molar-refractivity contribution in [2.45, 2.75) is 12.1 Å². The highest BCUT2D eigenvalue weighted by Crippen LogP contribution is 2.53. The zero-order valence-electron chi connectivity index (χ0n) is 20.5. The van der Waals surface area contributed by atoms with Crippen LogP contribution >= 0.6 is 0 Å². The maximum absolute atomic E-state index is 14.1. The van der Waals surface area contributed by atoms with Crippen molar-refractivity contribution >= 4 is 45.8 Å². The summed E-state index contributed by atoms with van der Waals surface area (Å²) in [6, 6.07) is 24.8. The molecule has 2 fully saturated rings. The molecule has 0 bridgehead atoms. The van der Waals surface area contributed by atoms with Gasteiger partial charge in [-0.3, -0.25) is 24.5 Å². The Hall–Kier alpha value is -5.11. The number of carbonyl (C=O) groups excluding carboxylic acids is 3. The number of nitrogens with zero attached hydrogens (tertiary/aromatic N) is 3. The lowest BCUT2D eigenvalue weighted by Gasteiger charge is -2.35. The van der Waals surface area contributed by atoms with Gasteiger partial charge in [0.15, 0.2) is 5.78 Å². The first-order valence-electron chi connectivity index (χ1n) is 12.6. The standard InChI is InChI=1S/C31H21N3O5/c35-29(21-9-5-10-23(17-21)34(38)39)28-26-25(27-24-11-4-3-7-19(24)14-15-32(27)28)30(36)33(31(26)37)22-13-12-18-6-1-2-8-20(18)16-22/h1-17,25-28H/t25-,26+,27-,28-/m0/s1. The van der Waals surface area contributed by atoms with Crippen molar-refractivity contribution in [1.29, 1.82) is 0 Å². The Labute approximate surface area is 222 Å². The molecule has 4 atom stereocenters. The first kappa shape index (κ1) is 23.0. The molecule has 0 N–H and O–H groups in total. The molecule has 7 rings (SSSR count). The van der Waals surface area contributed by atoms with E-state index in [-0.39, 0.29) is 17.2 Å². The number of nitro benzene ring substituents is 1. The van der Waals surface area contributed by atoms with E-state index in [1.807, 2.05) is 66.7 Å². The smallest absolute Gasteiger partial charge is 0.270 e. The van der Waals surface area contributed by atoms with Crippen LogP contribution in [0.3, 0.4) is 0 Å². The normalized spacial score (nSPS) is 23.1. The number of fused-ring (bicyclic) bond motifs is 6. The third-order valence-electron chi connectivity index (χ3n) is 8.06. The van der Waals surface area contributed by atoms with Gasteiger partial charge >= 0.3 is 0 Å². The lowest BCUT2D eigenvalue weighted by atomic mass is 9.83. The van der Waals surface area contributed by atoms with Gasteiger partial charge in [0.1, 0.15) is 6.04 Å². The molecule has 0 aliphatic carbocycles. The number of nitro groups is 1. The van der Waals surface area contributed by atoms with E-state index in [1.165, 1.54) is 29.2 Å². The summed E-state index contributed by atoms with van der Waals surface area (Å²) in [6.07, 6.45) is 3.64. The Morgan fingerprint density at radius 1 is 0.795 bits per heavy atom. The number of imide groups is 1. The number of benzene rings is 4. The van der Waals surface area contributed by atoms with E-state index >= 15 is 0 Å². The molecule has 190 valence electrons. The summed E-state index contributed by atoms with van der Waals surface area (Å²) in [5.74, 6) is -2.96. The summed E-state index contributed by atoms with van der Waals surface area (Å²) >= 11 is 0. The summed E-state index contributed by atoms with van der Waals surface area (Å²) in [7, 11) is 0. The number of hydrogen-bond acceptors (Lipinski definition) is 6. The summed E-state index contributed by atoms with van der Waals surface area (Å²) < 4.78 is 0. The molecule has 4 aromatic rings. The van der Waals surface area contributed by atoms with E-state index in [2.05, 4.69) is 0 Å². The van der Waals surface area contributed by atoms with Crippen molar-refractivity contribution in [3.05, 3.63) is 124 Å². The second-order valence-corrected chi connectivity index (χ2v) is 10.0. The second-order valence-electron chi connectivity index (χ2n) is 10.0. The summed E-state index contributed by atoms with van der Waals surface area (Å²) in [5, 5.41) is 13.3. The third-order valence-corrected chi connectivity index (χ3v) is 8.06. The number of rotatable bonds is 4. The molecule has 2 saturated heterocycles. The highest BCUT2D eigenvalue weighted by molar-refractivity contribution is 6.25. The molecule has 8 heteroatoms. The maximum atomic E-state index is 14.1. The zero-order valence-corrected chi connectivity index (χ0v) is 20.5. The quantitative estimate of drug-likeness (QED) is 0.161. The Bertz CT molecular complexity index is 1760. The van der Waals surface area contributed by atoms with E-state index in [9.17, 15) is 24.5 Å². The minimum absolute atomic E-state index is 0.130. The highest BCUT2D eigenvalue weighted by atomic mass is 16.6. The summed E-state index contributed by atoms with van der Waals surface area (Å²) in [6.45, 7) is 0. The fourth-order valence-electron chi connectivity index (χ4n) is 6.37. The van der Waals surface area contributed by atoms with Crippen molar-refractivity contribution in [2.75, 3.05) is 4.90 Å². The summed E-state index contributed by atoms with van der Waals surface area (Å²) in [5.41, 5.74) is 2.17. The van der Waals surface area contributed by atoms with Gasteiger partial charge in [0.2, 0.25) is 11.8 Å². The van der Waals surface area contributed by atoms with Crippen molar-refractivity contribution in [1.82, 2.24) is 4.90 Å². The molecule has 0 saturated carbocycles. The monoisotopic (exact) mass is 515 g/mol. The number of non-ortho nitro benzene ring substituents is 1. The van der Waals surface area contributed by atoms with Crippen LogP contribution in [-0.4, -0.2) is 33.5 Å². The molecule has 2 amide bonds. The van der Waals surface area contributed by atoms with Crippen LogP contribution in [0.1, 0.15) is 27.5 Å². The average Bonchev–Trinajstić information content (AvgIpc) is 3.44. The van der Waals surface area contributed by atoms with E-state index in [0.717, 1.165) is 21.9 Å². The Kier molecular flexibility index (Phi) is 5.00. The molecule has 0 spiro atoms. The minimum Gasteiger partial charge on any atom is -0.358 e. The lowest BCUT2D eigenvalue weighted by Crippen LogP contribution is -2.44. The molecule has 0 aromatic heterocycles. The number of hydrogen-bond donors (Lipinski definition) is 0. The molecule has 4 aromatic carbocycles. The molecule has 8 nitrogen and oxygen atoms in total. The number of Topliss-reactive ketones (excluding diaryl/α,β-unsaturated/α-hetero) is 1. The van der Waals surface area contributed by atoms with Gasteiger partial charge in [-0.05, 0) is 40.1 Å². The highest BCUT2D eigenvalue weighted by Gasteiger charge is 2.64. The van der Waals surface area contributed by atoms with Crippen LogP contribution in [0, 0.1) is 22.0 Å². The predicted molar refractivity (Wildman–Crippen MR) is 145 cm³/mol. The maximum Gasteiger partial charge on any atom is 0.270 e. The summed E-state index contributed by atoms with van der Waals surface area (Å²) in [4.78, 5) is 56.1. The van der Waals surface area contributed by atoms with Gasteiger partial charge in [-0.15, -0.1) is 0 Å². The van der Waals surface area contributed by atoms with Crippen molar-refractivity contribution in [3.63, 3.8) is 0 Å². The van der Waals surface area contributed by atoms with Crippen molar-refractivity contribution < 1.29 is 19.3 Å². The molecular weight excluding hydrogens is 494 g/mol.